The van der Waals surface area contributed by atoms with Crippen LogP contribution in [-0.4, -0.2) is 8.42 Å². The molecule has 0 unspecified atom stereocenters. The van der Waals surface area contributed by atoms with Gasteiger partial charge in [0.05, 0.1) is 5.69 Å². The van der Waals surface area contributed by atoms with E-state index in [0.717, 1.165) is 0 Å². The second-order valence-electron chi connectivity index (χ2n) is 5.66. The van der Waals surface area contributed by atoms with Crippen LogP contribution in [0.4, 0.5) is 10.1 Å². The van der Waals surface area contributed by atoms with Gasteiger partial charge in [-0.3, -0.25) is 4.72 Å². The summed E-state index contributed by atoms with van der Waals surface area (Å²) < 4.78 is 43.2. The third-order valence-corrected chi connectivity index (χ3v) is 4.34. The van der Waals surface area contributed by atoms with Crippen LogP contribution in [0.2, 0.25) is 0 Å². The zero-order valence-electron chi connectivity index (χ0n) is 13.2. The van der Waals surface area contributed by atoms with E-state index in [1.807, 2.05) is 0 Å². The highest BCUT2D eigenvalue weighted by atomic mass is 32.2. The number of nitrogens with two attached hydrogens (primary N) is 1. The van der Waals surface area contributed by atoms with Crippen molar-refractivity contribution in [3.8, 4) is 0 Å². The zero-order valence-corrected chi connectivity index (χ0v) is 14.1. The Labute approximate surface area is 143 Å². The third kappa shape index (κ3) is 3.86. The second kappa shape index (κ2) is 6.30. The van der Waals surface area contributed by atoms with Crippen molar-refractivity contribution >= 4 is 26.9 Å². The van der Waals surface area contributed by atoms with Crippen LogP contribution in [0.15, 0.2) is 51.7 Å². The third-order valence-electron chi connectivity index (χ3n) is 3.82. The predicted octanol–water partition coefficient (Wildman–Crippen LogP) is 2.45. The number of rotatable bonds is 4. The van der Waals surface area contributed by atoms with Crippen LogP contribution < -0.4 is 15.5 Å². The minimum Gasteiger partial charge on any atom is -0.422 e. The van der Waals surface area contributed by atoms with Gasteiger partial charge in [-0.15, -0.1) is 0 Å². The molecular weight excluding hydrogens is 347 g/mol. The van der Waals surface area contributed by atoms with Gasteiger partial charge in [-0.1, -0.05) is 12.1 Å². The lowest BCUT2D eigenvalue weighted by atomic mass is 9.99. The molecule has 2 aromatic carbocycles. The van der Waals surface area contributed by atoms with Crippen LogP contribution in [0.25, 0.3) is 11.0 Å². The van der Waals surface area contributed by atoms with E-state index < -0.39 is 21.7 Å². The van der Waals surface area contributed by atoms with E-state index in [2.05, 4.69) is 4.72 Å². The summed E-state index contributed by atoms with van der Waals surface area (Å²) in [4.78, 5) is 12.3. The quantitative estimate of drug-likeness (QED) is 0.696. The van der Waals surface area contributed by atoms with Crippen LogP contribution in [-0.2, 0) is 16.6 Å². The summed E-state index contributed by atoms with van der Waals surface area (Å²) in [6.07, 6.45) is 0.209. The highest BCUT2D eigenvalue weighted by Gasteiger charge is 2.13. The number of fused-ring (bicyclic) bond motifs is 1. The van der Waals surface area contributed by atoms with Crippen molar-refractivity contribution < 1.29 is 17.2 Å². The Morgan fingerprint density at radius 2 is 1.96 bits per heavy atom. The van der Waals surface area contributed by atoms with Crippen molar-refractivity contribution in [2.45, 2.75) is 13.3 Å². The largest absolute Gasteiger partial charge is 0.422 e. The monoisotopic (exact) mass is 362 g/mol. The first-order valence-corrected chi connectivity index (χ1v) is 8.89. The van der Waals surface area contributed by atoms with Gasteiger partial charge in [-0.25, -0.2) is 14.3 Å². The summed E-state index contributed by atoms with van der Waals surface area (Å²) in [5, 5.41) is 5.48. The Hall–Kier alpha value is -2.71. The lowest BCUT2D eigenvalue weighted by molar-refractivity contribution is 0.548. The first-order chi connectivity index (χ1) is 11.7. The van der Waals surface area contributed by atoms with E-state index >= 15 is 0 Å². The van der Waals surface area contributed by atoms with Gasteiger partial charge in [0.1, 0.15) is 11.4 Å². The molecule has 3 N–H and O–H groups in total. The van der Waals surface area contributed by atoms with Gasteiger partial charge in [0, 0.05) is 17.4 Å². The standard InChI is InChI=1S/C17H15FN2O4S/c1-10-14-9-12(18)5-6-16(14)24-17(21)15(10)8-11-3-2-4-13(7-11)20-25(19,22)23/h2-7,9,20H,8H2,1H3,(H2,19,22,23). The smallest absolute Gasteiger partial charge is 0.340 e. The highest BCUT2D eigenvalue weighted by molar-refractivity contribution is 7.90. The summed E-state index contributed by atoms with van der Waals surface area (Å²) >= 11 is 0. The lowest BCUT2D eigenvalue weighted by Gasteiger charge is -2.09. The summed E-state index contributed by atoms with van der Waals surface area (Å²) in [5.74, 6) is -0.422. The molecule has 0 atom stereocenters. The van der Waals surface area contributed by atoms with Crippen LogP contribution in [0.3, 0.4) is 0 Å². The van der Waals surface area contributed by atoms with Crippen molar-refractivity contribution in [2.75, 3.05) is 4.72 Å². The molecule has 0 bridgehead atoms. The molecule has 1 heterocycles. The predicted molar refractivity (Wildman–Crippen MR) is 93.2 cm³/mol. The summed E-state index contributed by atoms with van der Waals surface area (Å²) in [5.41, 5.74) is 1.77. The normalized spacial score (nSPS) is 11.6. The van der Waals surface area contributed by atoms with Crippen LogP contribution >= 0.6 is 0 Å². The first-order valence-electron chi connectivity index (χ1n) is 7.34. The minimum absolute atomic E-state index is 0.209. The van der Waals surface area contributed by atoms with Crippen LogP contribution in [0.1, 0.15) is 16.7 Å². The second-order valence-corrected chi connectivity index (χ2v) is 6.95. The van der Waals surface area contributed by atoms with Gasteiger partial charge in [-0.05, 0) is 48.4 Å². The molecular formula is C17H15FN2O4S. The van der Waals surface area contributed by atoms with Crippen molar-refractivity contribution in [3.63, 3.8) is 0 Å². The maximum Gasteiger partial charge on any atom is 0.340 e. The fourth-order valence-corrected chi connectivity index (χ4v) is 3.13. The van der Waals surface area contributed by atoms with Gasteiger partial charge >= 0.3 is 5.63 Å². The van der Waals surface area contributed by atoms with E-state index in [1.165, 1.54) is 18.2 Å². The highest BCUT2D eigenvalue weighted by Crippen LogP contribution is 2.23. The molecule has 130 valence electrons. The van der Waals surface area contributed by atoms with E-state index in [-0.39, 0.29) is 12.1 Å². The van der Waals surface area contributed by atoms with E-state index in [9.17, 15) is 17.6 Å². The Morgan fingerprint density at radius 3 is 2.68 bits per heavy atom. The van der Waals surface area contributed by atoms with Crippen molar-refractivity contribution in [1.82, 2.24) is 0 Å². The van der Waals surface area contributed by atoms with Crippen LogP contribution in [0, 0.1) is 12.7 Å². The average molecular weight is 362 g/mol. The number of nitrogens with one attached hydrogen (secondary N) is 1. The maximum absolute atomic E-state index is 13.5. The summed E-state index contributed by atoms with van der Waals surface area (Å²) in [7, 11) is -3.89. The molecule has 8 heteroatoms. The number of benzene rings is 2. The Kier molecular flexibility index (Phi) is 4.32. The van der Waals surface area contributed by atoms with Crippen molar-refractivity contribution in [1.29, 1.82) is 0 Å². The maximum atomic E-state index is 13.5. The molecule has 6 nitrogen and oxygen atoms in total. The molecule has 0 aliphatic heterocycles. The SMILES string of the molecule is Cc1c(Cc2cccc(NS(N)(=O)=O)c2)c(=O)oc2ccc(F)cc12. The number of aryl methyl sites for hydroxylation is 1. The molecule has 1 aromatic heterocycles. The van der Waals surface area contributed by atoms with Gasteiger partial charge in [0.25, 0.3) is 10.2 Å². The fraction of sp³-hybridized carbons (Fsp3) is 0.118. The van der Waals surface area contributed by atoms with E-state index in [4.69, 9.17) is 9.56 Å². The number of anilines is 1. The van der Waals surface area contributed by atoms with Crippen LogP contribution in [0.5, 0.6) is 0 Å². The number of hydrogen-bond donors (Lipinski definition) is 2. The van der Waals surface area contributed by atoms with E-state index in [0.29, 0.717) is 27.7 Å². The van der Waals surface area contributed by atoms with Crippen molar-refractivity contribution in [3.05, 3.63) is 75.4 Å². The topological polar surface area (TPSA) is 102 Å². The first kappa shape index (κ1) is 17.1. The molecule has 0 saturated carbocycles. The lowest BCUT2D eigenvalue weighted by Crippen LogP contribution is -2.21. The van der Waals surface area contributed by atoms with Gasteiger partial charge in [0.15, 0.2) is 0 Å². The average Bonchev–Trinajstić information content (AvgIpc) is 2.51. The van der Waals surface area contributed by atoms with Gasteiger partial charge in [0.2, 0.25) is 0 Å². The zero-order chi connectivity index (χ0) is 18.2. The number of halogens is 1. The molecule has 3 rings (SSSR count). The Balaban J connectivity index is 2.04. The molecule has 25 heavy (non-hydrogen) atoms. The van der Waals surface area contributed by atoms with Gasteiger partial charge in [-0.2, -0.15) is 8.42 Å². The molecule has 0 spiro atoms. The number of hydrogen-bond acceptors (Lipinski definition) is 4. The molecule has 3 aromatic rings. The Morgan fingerprint density at radius 1 is 1.20 bits per heavy atom. The summed E-state index contributed by atoms with van der Waals surface area (Å²) in [6.45, 7) is 1.72. The minimum atomic E-state index is -3.89. The molecule has 0 saturated heterocycles. The molecule has 0 radical (unpaired) electrons. The van der Waals surface area contributed by atoms with Crippen molar-refractivity contribution in [2.24, 2.45) is 5.14 Å². The van der Waals surface area contributed by atoms with E-state index in [1.54, 1.807) is 31.2 Å². The molecule has 0 amide bonds. The summed E-state index contributed by atoms with van der Waals surface area (Å²) in [6, 6.07) is 10.4. The molecule has 0 fully saturated rings. The Bertz CT molecular complexity index is 1120. The van der Waals surface area contributed by atoms with Gasteiger partial charge < -0.3 is 4.42 Å². The fourth-order valence-electron chi connectivity index (χ4n) is 2.68. The molecule has 0 aliphatic rings. The molecule has 0 aliphatic carbocycles.